The van der Waals surface area contributed by atoms with E-state index in [1.54, 1.807) is 27.7 Å². The van der Waals surface area contributed by atoms with Crippen molar-refractivity contribution in [2.45, 2.75) is 130 Å². The summed E-state index contributed by atoms with van der Waals surface area (Å²) in [7, 11) is -3.75. The molecule has 6 amide bonds. The molecule has 62 heavy (non-hydrogen) atoms. The van der Waals surface area contributed by atoms with Gasteiger partial charge in [0.05, 0.1) is 25.4 Å². The summed E-state index contributed by atoms with van der Waals surface area (Å²) in [6.45, 7) is 11.4. The second-order valence-corrected chi connectivity index (χ2v) is 17.5. The third-order valence-electron chi connectivity index (χ3n) is 8.70. The number of aliphatic carboxylic acids is 1. The number of carbonyl (C=O) groups is 7. The highest BCUT2D eigenvalue weighted by atomic mass is 31.2. The number of nitrogens with two attached hydrogens (primary N) is 5. The molecule has 0 bridgehead atoms. The molecular weight excluding hydrogens is 833 g/mol. The SMILES string of the molecule is CCOP(=O)(CC[C@@H](NC(=O)[C@H](C)NC(=O)[C@H](CCCN=C(N)N)NC(=O)[C@H](CCCN=C(N)N)NC(=O)[C@@H](N)CC(C)C)C(=O)N[C@@H](CC(C)C)C(=O)NCC(=O)O)OCC. The average Bonchev–Trinajstić information content (AvgIpc) is 3.16. The molecule has 25 heteroatoms. The van der Waals surface area contributed by atoms with Crippen LogP contribution in [0.2, 0.25) is 0 Å². The number of hydrogen-bond acceptors (Lipinski definition) is 13. The Morgan fingerprint density at radius 3 is 1.45 bits per heavy atom. The molecule has 0 spiro atoms. The molecule has 0 aliphatic carbocycles. The molecule has 0 aromatic heterocycles. The Morgan fingerprint density at radius 2 is 1.02 bits per heavy atom. The van der Waals surface area contributed by atoms with E-state index >= 15 is 0 Å². The average molecular weight is 906 g/mol. The van der Waals surface area contributed by atoms with Gasteiger partial charge >= 0.3 is 13.6 Å². The van der Waals surface area contributed by atoms with Gasteiger partial charge in [0.25, 0.3) is 0 Å². The molecule has 0 aliphatic rings. The molecule has 0 aliphatic heterocycles. The summed E-state index contributed by atoms with van der Waals surface area (Å²) in [5.74, 6) is -6.42. The summed E-state index contributed by atoms with van der Waals surface area (Å²) in [5.41, 5.74) is 27.8. The van der Waals surface area contributed by atoms with Crippen molar-refractivity contribution in [1.82, 2.24) is 31.9 Å². The summed E-state index contributed by atoms with van der Waals surface area (Å²) in [5, 5.41) is 24.2. The molecule has 0 unspecified atom stereocenters. The first kappa shape index (κ1) is 56.9. The molecule has 0 heterocycles. The number of carboxylic acids is 1. The maximum atomic E-state index is 13.8. The van der Waals surface area contributed by atoms with Crippen LogP contribution in [0.15, 0.2) is 9.98 Å². The number of nitrogens with one attached hydrogen (secondary N) is 6. The first-order chi connectivity index (χ1) is 28.9. The lowest BCUT2D eigenvalue weighted by Gasteiger charge is -2.27. The summed E-state index contributed by atoms with van der Waals surface area (Å²) in [4.78, 5) is 99.8. The van der Waals surface area contributed by atoms with Crippen molar-refractivity contribution in [1.29, 1.82) is 0 Å². The number of aliphatic imine (C=N–C) groups is 2. The molecule has 6 atom stereocenters. The summed E-state index contributed by atoms with van der Waals surface area (Å²) in [6.07, 6.45) is 0.293. The van der Waals surface area contributed by atoms with Crippen LogP contribution in [0.25, 0.3) is 0 Å². The van der Waals surface area contributed by atoms with Crippen molar-refractivity contribution >= 4 is 60.9 Å². The molecule has 24 nitrogen and oxygen atoms in total. The first-order valence-corrected chi connectivity index (χ1v) is 22.4. The fraction of sp³-hybridized carbons (Fsp3) is 0.757. The van der Waals surface area contributed by atoms with Gasteiger partial charge in [-0.25, -0.2) is 0 Å². The van der Waals surface area contributed by atoms with Crippen molar-refractivity contribution in [3.63, 3.8) is 0 Å². The topological polar surface area (TPSA) is 402 Å². The monoisotopic (exact) mass is 906 g/mol. The summed E-state index contributed by atoms with van der Waals surface area (Å²) < 4.78 is 24.1. The fourth-order valence-corrected chi connectivity index (χ4v) is 7.46. The molecule has 0 radical (unpaired) electrons. The highest BCUT2D eigenvalue weighted by Gasteiger charge is 2.34. The van der Waals surface area contributed by atoms with Gasteiger partial charge in [0.15, 0.2) is 11.9 Å². The Morgan fingerprint density at radius 1 is 0.597 bits per heavy atom. The van der Waals surface area contributed by atoms with Crippen LogP contribution in [0.1, 0.15) is 93.4 Å². The normalized spacial score (nSPS) is 14.2. The van der Waals surface area contributed by atoms with Gasteiger partial charge in [0.1, 0.15) is 36.8 Å². The van der Waals surface area contributed by atoms with Crippen molar-refractivity contribution in [3.05, 3.63) is 0 Å². The number of guanidine groups is 2. The maximum absolute atomic E-state index is 13.8. The van der Waals surface area contributed by atoms with E-state index < -0.39 is 91.8 Å². The van der Waals surface area contributed by atoms with Crippen LogP contribution in [0.5, 0.6) is 0 Å². The van der Waals surface area contributed by atoms with Gasteiger partial charge in [-0.15, -0.1) is 0 Å². The molecule has 0 saturated carbocycles. The van der Waals surface area contributed by atoms with Crippen molar-refractivity contribution < 1.29 is 52.3 Å². The largest absolute Gasteiger partial charge is 0.480 e. The number of carbonyl (C=O) groups excluding carboxylic acids is 6. The lowest BCUT2D eigenvalue weighted by molar-refractivity contribution is -0.138. The van der Waals surface area contributed by atoms with Crippen LogP contribution in [0.4, 0.5) is 0 Å². The smallest absolute Gasteiger partial charge is 0.330 e. The van der Waals surface area contributed by atoms with Crippen LogP contribution >= 0.6 is 7.60 Å². The molecule has 0 aromatic rings. The minimum Gasteiger partial charge on any atom is -0.480 e. The molecule has 0 saturated heterocycles. The van der Waals surface area contributed by atoms with E-state index in [0.717, 1.165) is 0 Å². The summed E-state index contributed by atoms with van der Waals surface area (Å²) in [6, 6.07) is -7.41. The van der Waals surface area contributed by atoms with Crippen molar-refractivity contribution in [3.8, 4) is 0 Å². The number of rotatable bonds is 32. The van der Waals surface area contributed by atoms with Gasteiger partial charge in [-0.2, -0.15) is 0 Å². The molecule has 356 valence electrons. The number of carboxylic acid groups (broad SMARTS) is 1. The zero-order valence-electron chi connectivity index (χ0n) is 37.1. The Hall–Kier alpha value is -5.06. The minimum absolute atomic E-state index is 0.0180. The van der Waals surface area contributed by atoms with E-state index in [1.807, 2.05) is 13.8 Å². The molecule has 0 fully saturated rings. The van der Waals surface area contributed by atoms with E-state index in [-0.39, 0.29) is 94.7 Å². The quantitative estimate of drug-likeness (QED) is 0.0148. The van der Waals surface area contributed by atoms with Gasteiger partial charge in [-0.3, -0.25) is 48.1 Å². The second-order valence-electron chi connectivity index (χ2n) is 15.3. The summed E-state index contributed by atoms with van der Waals surface area (Å²) >= 11 is 0. The highest BCUT2D eigenvalue weighted by Crippen LogP contribution is 2.48. The fourth-order valence-electron chi connectivity index (χ4n) is 5.76. The van der Waals surface area contributed by atoms with Gasteiger partial charge in [0, 0.05) is 13.1 Å². The van der Waals surface area contributed by atoms with Gasteiger partial charge < -0.3 is 74.7 Å². The number of nitrogens with zero attached hydrogens (tertiary/aromatic N) is 2. The first-order valence-electron chi connectivity index (χ1n) is 20.7. The Balaban J connectivity index is 6.53. The van der Waals surface area contributed by atoms with Gasteiger partial charge in [-0.1, -0.05) is 27.7 Å². The van der Waals surface area contributed by atoms with Crippen molar-refractivity contribution in [2.75, 3.05) is 39.0 Å². The Kier molecular flexibility index (Phi) is 27.6. The lowest BCUT2D eigenvalue weighted by Crippen LogP contribution is -2.59. The Labute approximate surface area is 363 Å². The van der Waals surface area contributed by atoms with Crippen LogP contribution in [0, 0.1) is 11.8 Å². The third kappa shape index (κ3) is 25.0. The Bertz CT molecular complexity index is 1560. The maximum Gasteiger partial charge on any atom is 0.330 e. The minimum atomic E-state index is -3.75. The van der Waals surface area contributed by atoms with E-state index in [0.29, 0.717) is 6.42 Å². The molecule has 0 aromatic carbocycles. The zero-order chi connectivity index (χ0) is 47.6. The van der Waals surface area contributed by atoms with Crippen LogP contribution in [0.3, 0.4) is 0 Å². The van der Waals surface area contributed by atoms with E-state index in [4.69, 9.17) is 42.8 Å². The lowest BCUT2D eigenvalue weighted by atomic mass is 10.0. The predicted octanol–water partition coefficient (Wildman–Crippen LogP) is -2.19. The van der Waals surface area contributed by atoms with E-state index in [2.05, 4.69) is 41.9 Å². The van der Waals surface area contributed by atoms with Crippen LogP contribution in [-0.4, -0.2) is 134 Å². The standard InChI is InChI=1S/C37H72N13O11P/c1-8-60-62(59,61-9-2)17-14-27(35(58)50-28(19-22(5)6)32(55)45-20-29(51)52)47-30(53)23(7)46-33(56)25(12-10-15-43-36(39)40)49-34(57)26(13-11-16-44-37(41)42)48-31(54)24(38)18-21(3)4/h21-28H,8-20,38H2,1-7H3,(H,45,55)(H,46,56)(H,47,53)(H,48,54)(H,49,57)(H,50,58)(H,51,52)(H4,39,40,43)(H4,41,42,44)/t23-,24-,25-,26-,27+,28-/m0/s1. The highest BCUT2D eigenvalue weighted by molar-refractivity contribution is 7.53. The van der Waals surface area contributed by atoms with Crippen molar-refractivity contribution in [2.24, 2.45) is 50.5 Å². The zero-order valence-corrected chi connectivity index (χ0v) is 38.0. The second kappa shape index (κ2) is 30.1. The van der Waals surface area contributed by atoms with Gasteiger partial charge in [0.2, 0.25) is 35.4 Å². The molecular formula is C37H72N13O11P. The van der Waals surface area contributed by atoms with Gasteiger partial charge in [-0.05, 0) is 77.6 Å². The molecule has 17 N–H and O–H groups in total. The third-order valence-corrected chi connectivity index (χ3v) is 10.8. The van der Waals surface area contributed by atoms with Crippen LogP contribution in [-0.2, 0) is 47.2 Å². The molecule has 0 rings (SSSR count). The number of amides is 6. The van der Waals surface area contributed by atoms with E-state index in [1.165, 1.54) is 6.92 Å². The van der Waals surface area contributed by atoms with E-state index in [9.17, 15) is 38.1 Å². The number of hydrogen-bond donors (Lipinski definition) is 12. The van der Waals surface area contributed by atoms with Crippen LogP contribution < -0.4 is 60.6 Å². The predicted molar refractivity (Wildman–Crippen MR) is 233 cm³/mol.